The van der Waals surface area contributed by atoms with Gasteiger partial charge in [0.05, 0.1) is 17.8 Å². The monoisotopic (exact) mass is 268 g/mol. The first-order chi connectivity index (χ1) is 9.61. The second kappa shape index (κ2) is 5.76. The molecule has 0 saturated heterocycles. The number of rotatable bonds is 3. The van der Waals surface area contributed by atoms with Crippen LogP contribution in [0.4, 0.5) is 10.5 Å². The predicted octanol–water partition coefficient (Wildman–Crippen LogP) is 2.29. The highest BCUT2D eigenvalue weighted by Crippen LogP contribution is 2.24. The van der Waals surface area contributed by atoms with Gasteiger partial charge in [-0.15, -0.1) is 6.42 Å². The largest absolute Gasteiger partial charge is 0.478 e. The Kier molecular flexibility index (Phi) is 3.87. The van der Waals surface area contributed by atoms with Gasteiger partial charge in [-0.3, -0.25) is 0 Å². The van der Waals surface area contributed by atoms with Crippen LogP contribution in [-0.4, -0.2) is 23.7 Å². The highest BCUT2D eigenvalue weighted by atomic mass is 16.4. The number of terminal acetylenes is 1. The quantitative estimate of drug-likeness (QED) is 0.747. The van der Waals surface area contributed by atoms with Crippen LogP contribution in [-0.2, 0) is 0 Å². The number of anilines is 1. The molecule has 2 amide bonds. The van der Waals surface area contributed by atoms with E-state index >= 15 is 0 Å². The fourth-order valence-corrected chi connectivity index (χ4v) is 1.82. The number of urea groups is 1. The van der Waals surface area contributed by atoms with E-state index in [4.69, 9.17) is 6.42 Å². The van der Waals surface area contributed by atoms with Crippen molar-refractivity contribution in [3.63, 3.8) is 0 Å². The van der Waals surface area contributed by atoms with Crippen molar-refractivity contribution >= 4 is 28.5 Å². The molecule has 0 unspecified atom stereocenters. The molecule has 0 aliphatic heterocycles. The second-order valence-corrected chi connectivity index (χ2v) is 4.06. The lowest BCUT2D eigenvalue weighted by atomic mass is 10.0. The first-order valence-electron chi connectivity index (χ1n) is 5.86. The van der Waals surface area contributed by atoms with Crippen molar-refractivity contribution in [3.8, 4) is 12.3 Å². The Morgan fingerprint density at radius 1 is 1.20 bits per heavy atom. The zero-order chi connectivity index (χ0) is 14.5. The van der Waals surface area contributed by atoms with Gasteiger partial charge < -0.3 is 15.7 Å². The van der Waals surface area contributed by atoms with Crippen LogP contribution < -0.4 is 10.6 Å². The molecule has 5 heteroatoms. The third-order valence-corrected chi connectivity index (χ3v) is 2.72. The lowest BCUT2D eigenvalue weighted by Crippen LogP contribution is -2.29. The summed E-state index contributed by atoms with van der Waals surface area (Å²) < 4.78 is 0. The third-order valence-electron chi connectivity index (χ3n) is 2.72. The molecule has 20 heavy (non-hydrogen) atoms. The number of carboxylic acids is 1. The van der Waals surface area contributed by atoms with Gasteiger partial charge in [0.25, 0.3) is 0 Å². The molecule has 100 valence electrons. The molecule has 0 radical (unpaired) electrons. The van der Waals surface area contributed by atoms with Crippen LogP contribution in [0.15, 0.2) is 36.4 Å². The average Bonchev–Trinajstić information content (AvgIpc) is 2.44. The minimum atomic E-state index is -1.11. The van der Waals surface area contributed by atoms with Crippen LogP contribution in [0.1, 0.15) is 10.4 Å². The van der Waals surface area contributed by atoms with E-state index < -0.39 is 12.0 Å². The lowest BCUT2D eigenvalue weighted by molar-refractivity contribution is 0.0698. The summed E-state index contributed by atoms with van der Waals surface area (Å²) in [5, 5.41) is 15.7. The van der Waals surface area contributed by atoms with Crippen molar-refractivity contribution in [1.29, 1.82) is 0 Å². The molecule has 2 aromatic carbocycles. The van der Waals surface area contributed by atoms with Gasteiger partial charge in [-0.25, -0.2) is 9.59 Å². The van der Waals surface area contributed by atoms with E-state index in [2.05, 4.69) is 16.6 Å². The van der Waals surface area contributed by atoms with Gasteiger partial charge in [-0.2, -0.15) is 0 Å². The van der Waals surface area contributed by atoms with Crippen LogP contribution >= 0.6 is 0 Å². The third kappa shape index (κ3) is 2.87. The SMILES string of the molecule is C#CCNC(=O)Nc1cc2ccccc2cc1C(=O)O. The van der Waals surface area contributed by atoms with Gasteiger partial charge in [-0.1, -0.05) is 30.2 Å². The summed E-state index contributed by atoms with van der Waals surface area (Å²) in [4.78, 5) is 22.8. The number of amides is 2. The van der Waals surface area contributed by atoms with Gasteiger partial charge in [0.15, 0.2) is 0 Å². The molecule has 0 atom stereocenters. The van der Waals surface area contributed by atoms with Crippen LogP contribution in [0.5, 0.6) is 0 Å². The van der Waals surface area contributed by atoms with Crippen molar-refractivity contribution in [2.24, 2.45) is 0 Å². The fraction of sp³-hybridized carbons (Fsp3) is 0.0667. The predicted molar refractivity (Wildman–Crippen MR) is 76.8 cm³/mol. The summed E-state index contributed by atoms with van der Waals surface area (Å²) in [6, 6.07) is 9.91. The summed E-state index contributed by atoms with van der Waals surface area (Å²) in [6.45, 7) is 0.0712. The van der Waals surface area contributed by atoms with E-state index in [9.17, 15) is 14.7 Å². The maximum Gasteiger partial charge on any atom is 0.337 e. The Morgan fingerprint density at radius 3 is 2.45 bits per heavy atom. The maximum absolute atomic E-state index is 11.6. The Bertz CT molecular complexity index is 717. The van der Waals surface area contributed by atoms with Gasteiger partial charge >= 0.3 is 12.0 Å². The molecule has 3 N–H and O–H groups in total. The number of hydrogen-bond donors (Lipinski definition) is 3. The number of benzene rings is 2. The Morgan fingerprint density at radius 2 is 1.85 bits per heavy atom. The van der Waals surface area contributed by atoms with Crippen molar-refractivity contribution in [1.82, 2.24) is 5.32 Å². The first-order valence-corrected chi connectivity index (χ1v) is 5.86. The van der Waals surface area contributed by atoms with E-state index in [0.29, 0.717) is 0 Å². The van der Waals surface area contributed by atoms with Crippen molar-refractivity contribution in [2.45, 2.75) is 0 Å². The summed E-state index contributed by atoms with van der Waals surface area (Å²) in [5.41, 5.74) is 0.255. The smallest absolute Gasteiger partial charge is 0.337 e. The first kappa shape index (κ1) is 13.4. The molecule has 0 aliphatic rings. The number of carbonyl (C=O) groups is 2. The van der Waals surface area contributed by atoms with Crippen molar-refractivity contribution < 1.29 is 14.7 Å². The van der Waals surface area contributed by atoms with Crippen LogP contribution in [0.3, 0.4) is 0 Å². The molecule has 2 rings (SSSR count). The summed E-state index contributed by atoms with van der Waals surface area (Å²) in [6.07, 6.45) is 5.04. The average molecular weight is 268 g/mol. The summed E-state index contributed by atoms with van der Waals surface area (Å²) in [5.74, 6) is 1.15. The summed E-state index contributed by atoms with van der Waals surface area (Å²) >= 11 is 0. The zero-order valence-corrected chi connectivity index (χ0v) is 10.5. The fourth-order valence-electron chi connectivity index (χ4n) is 1.82. The molecule has 2 aromatic rings. The molecule has 0 saturated carbocycles. The molecule has 0 bridgehead atoms. The van der Waals surface area contributed by atoms with E-state index in [0.717, 1.165) is 10.8 Å². The molecular weight excluding hydrogens is 256 g/mol. The molecule has 0 heterocycles. The topological polar surface area (TPSA) is 78.4 Å². The standard InChI is InChI=1S/C15H12N2O3/c1-2-7-16-15(20)17-13-9-11-6-4-3-5-10(11)8-12(13)14(18)19/h1,3-6,8-9H,7H2,(H,18,19)(H2,16,17,20). The summed E-state index contributed by atoms with van der Waals surface area (Å²) in [7, 11) is 0. The number of carboxylic acid groups (broad SMARTS) is 1. The Hall–Kier alpha value is -3.00. The van der Waals surface area contributed by atoms with E-state index in [1.54, 1.807) is 6.07 Å². The van der Waals surface area contributed by atoms with Crippen LogP contribution in [0, 0.1) is 12.3 Å². The molecule has 0 aromatic heterocycles. The number of carbonyl (C=O) groups excluding carboxylic acids is 1. The highest BCUT2D eigenvalue weighted by Gasteiger charge is 2.13. The maximum atomic E-state index is 11.6. The number of fused-ring (bicyclic) bond motifs is 1. The van der Waals surface area contributed by atoms with E-state index in [1.165, 1.54) is 6.07 Å². The minimum absolute atomic E-state index is 0.0274. The second-order valence-electron chi connectivity index (χ2n) is 4.06. The molecular formula is C15H12N2O3. The van der Waals surface area contributed by atoms with Crippen LogP contribution in [0.2, 0.25) is 0 Å². The van der Waals surface area contributed by atoms with Gasteiger partial charge in [0.1, 0.15) is 0 Å². The van der Waals surface area contributed by atoms with E-state index in [-0.39, 0.29) is 17.8 Å². The van der Waals surface area contributed by atoms with E-state index in [1.807, 2.05) is 24.3 Å². The number of hydrogen-bond acceptors (Lipinski definition) is 2. The van der Waals surface area contributed by atoms with Crippen molar-refractivity contribution in [2.75, 3.05) is 11.9 Å². The number of aromatic carboxylic acids is 1. The number of nitrogens with one attached hydrogen (secondary N) is 2. The normalized spacial score (nSPS) is 9.75. The molecule has 0 aliphatic carbocycles. The molecule has 0 spiro atoms. The van der Waals surface area contributed by atoms with Gasteiger partial charge in [0, 0.05) is 0 Å². The Labute approximate surface area is 115 Å². The van der Waals surface area contributed by atoms with Crippen molar-refractivity contribution in [3.05, 3.63) is 42.0 Å². The zero-order valence-electron chi connectivity index (χ0n) is 10.5. The Balaban J connectivity index is 2.40. The van der Waals surface area contributed by atoms with Gasteiger partial charge in [0.2, 0.25) is 0 Å². The van der Waals surface area contributed by atoms with Gasteiger partial charge in [-0.05, 0) is 22.9 Å². The minimum Gasteiger partial charge on any atom is -0.478 e. The molecule has 0 fully saturated rings. The molecule has 5 nitrogen and oxygen atoms in total. The highest BCUT2D eigenvalue weighted by molar-refractivity contribution is 6.04. The lowest BCUT2D eigenvalue weighted by Gasteiger charge is -2.10. The van der Waals surface area contributed by atoms with Crippen LogP contribution in [0.25, 0.3) is 10.8 Å².